The van der Waals surface area contributed by atoms with Crippen LogP contribution in [0, 0.1) is 0 Å². The number of nitrogens with zero attached hydrogens (tertiary/aromatic N) is 1. The van der Waals surface area contributed by atoms with Gasteiger partial charge in [-0.15, -0.1) is 5.06 Å². The van der Waals surface area contributed by atoms with E-state index in [1.807, 2.05) is 24.3 Å². The molecule has 2 atom stereocenters. The van der Waals surface area contributed by atoms with Crippen molar-refractivity contribution in [2.45, 2.75) is 38.2 Å². The van der Waals surface area contributed by atoms with Crippen LogP contribution in [0.2, 0.25) is 0 Å². The van der Waals surface area contributed by atoms with Gasteiger partial charge in [-0.2, -0.15) is 0 Å². The van der Waals surface area contributed by atoms with Crippen molar-refractivity contribution < 1.29 is 29.4 Å². The molecule has 0 aliphatic carbocycles. The lowest BCUT2D eigenvalue weighted by Crippen LogP contribution is -2.43. The maximum Gasteiger partial charge on any atom is 0.525 e. The summed E-state index contributed by atoms with van der Waals surface area (Å²) in [7, 11) is 0. The molecule has 1 heterocycles. The van der Waals surface area contributed by atoms with Crippen molar-refractivity contribution in [2.24, 2.45) is 0 Å². The molecule has 0 radical (unpaired) electrons. The van der Waals surface area contributed by atoms with Crippen LogP contribution in [0.25, 0.3) is 0 Å². The lowest BCUT2D eigenvalue weighted by molar-refractivity contribution is -0.154. The SMILES string of the molecule is CCOC(=O)CCc1ccc(C2CCN(OC(=O)O)CC2O)cc1. The number of hydrogen-bond acceptors (Lipinski definition) is 6. The van der Waals surface area contributed by atoms with Crippen LogP contribution in [0.1, 0.15) is 36.8 Å². The normalized spacial score (nSPS) is 21.2. The van der Waals surface area contributed by atoms with Gasteiger partial charge in [0.1, 0.15) is 0 Å². The van der Waals surface area contributed by atoms with Gasteiger partial charge >= 0.3 is 12.1 Å². The molecule has 1 aliphatic heterocycles. The number of carboxylic acid groups (broad SMARTS) is 1. The summed E-state index contributed by atoms with van der Waals surface area (Å²) < 4.78 is 4.90. The van der Waals surface area contributed by atoms with Gasteiger partial charge in [0.25, 0.3) is 0 Å². The first-order chi connectivity index (χ1) is 11.5. The standard InChI is InChI=1S/C17H23NO6/c1-2-23-16(20)8-5-12-3-6-13(7-4-12)14-9-10-18(11-15(14)19)24-17(21)22/h3-4,6-7,14-15,19H,2,5,8-11H2,1H3,(H,21,22). The van der Waals surface area contributed by atoms with Gasteiger partial charge in [-0.1, -0.05) is 24.3 Å². The Morgan fingerprint density at radius 1 is 1.29 bits per heavy atom. The highest BCUT2D eigenvalue weighted by atomic mass is 16.8. The number of benzene rings is 1. The molecule has 2 unspecified atom stereocenters. The Kier molecular flexibility index (Phi) is 6.57. The molecule has 0 aromatic heterocycles. The molecule has 1 aliphatic rings. The number of hydrogen-bond donors (Lipinski definition) is 2. The van der Waals surface area contributed by atoms with E-state index in [-0.39, 0.29) is 18.4 Å². The molecule has 0 saturated carbocycles. The molecule has 1 saturated heterocycles. The van der Waals surface area contributed by atoms with E-state index in [2.05, 4.69) is 4.84 Å². The van der Waals surface area contributed by atoms with Gasteiger partial charge in [0.2, 0.25) is 0 Å². The molecule has 2 N–H and O–H groups in total. The summed E-state index contributed by atoms with van der Waals surface area (Å²) in [5.41, 5.74) is 2.03. The summed E-state index contributed by atoms with van der Waals surface area (Å²) in [6, 6.07) is 7.78. The monoisotopic (exact) mass is 337 g/mol. The first-order valence-corrected chi connectivity index (χ1v) is 8.08. The van der Waals surface area contributed by atoms with Gasteiger partial charge in [-0.3, -0.25) is 4.79 Å². The highest BCUT2D eigenvalue weighted by Crippen LogP contribution is 2.29. The van der Waals surface area contributed by atoms with Crippen LogP contribution >= 0.6 is 0 Å². The van der Waals surface area contributed by atoms with Crippen molar-refractivity contribution in [3.05, 3.63) is 35.4 Å². The van der Waals surface area contributed by atoms with E-state index >= 15 is 0 Å². The van der Waals surface area contributed by atoms with Crippen LogP contribution in [0.3, 0.4) is 0 Å². The van der Waals surface area contributed by atoms with E-state index in [0.29, 0.717) is 32.4 Å². The molecule has 1 aromatic carbocycles. The summed E-state index contributed by atoms with van der Waals surface area (Å²) in [6.07, 6.45) is -0.487. The Bertz CT molecular complexity index is 559. The zero-order valence-corrected chi connectivity index (χ0v) is 13.7. The van der Waals surface area contributed by atoms with Crippen LogP contribution in [-0.2, 0) is 20.8 Å². The molecule has 132 valence electrons. The third kappa shape index (κ3) is 5.21. The predicted molar refractivity (Wildman–Crippen MR) is 85.4 cm³/mol. The molecule has 1 aromatic rings. The largest absolute Gasteiger partial charge is 0.525 e. The quantitative estimate of drug-likeness (QED) is 0.766. The molecule has 0 amide bonds. The smallest absolute Gasteiger partial charge is 0.466 e. The number of piperidine rings is 1. The van der Waals surface area contributed by atoms with Crippen LogP contribution < -0.4 is 0 Å². The van der Waals surface area contributed by atoms with E-state index in [0.717, 1.165) is 11.1 Å². The first-order valence-electron chi connectivity index (χ1n) is 8.08. The Balaban J connectivity index is 1.89. The maximum atomic E-state index is 11.4. The molecule has 0 bridgehead atoms. The molecule has 1 fully saturated rings. The second kappa shape index (κ2) is 8.65. The second-order valence-electron chi connectivity index (χ2n) is 5.75. The summed E-state index contributed by atoms with van der Waals surface area (Å²) in [6.45, 7) is 2.77. The lowest BCUT2D eigenvalue weighted by atomic mass is 9.87. The van der Waals surface area contributed by atoms with Crippen LogP contribution in [-0.4, -0.2) is 53.2 Å². The number of carbonyl (C=O) groups is 2. The van der Waals surface area contributed by atoms with Crippen molar-refractivity contribution >= 4 is 12.1 Å². The second-order valence-corrected chi connectivity index (χ2v) is 5.75. The molecule has 7 heteroatoms. The minimum absolute atomic E-state index is 0.0576. The van der Waals surface area contributed by atoms with Crippen LogP contribution in [0.15, 0.2) is 24.3 Å². The van der Waals surface area contributed by atoms with E-state index in [4.69, 9.17) is 9.84 Å². The van der Waals surface area contributed by atoms with Crippen LogP contribution in [0.5, 0.6) is 0 Å². The molecule has 24 heavy (non-hydrogen) atoms. The predicted octanol–water partition coefficient (Wildman–Crippen LogP) is 1.94. The van der Waals surface area contributed by atoms with Crippen molar-refractivity contribution in [3.8, 4) is 0 Å². The van der Waals surface area contributed by atoms with Gasteiger partial charge in [0.15, 0.2) is 0 Å². The Morgan fingerprint density at radius 3 is 2.58 bits per heavy atom. The third-order valence-electron chi connectivity index (χ3n) is 4.08. The maximum absolute atomic E-state index is 11.4. The highest BCUT2D eigenvalue weighted by Gasteiger charge is 2.30. The van der Waals surface area contributed by atoms with Crippen molar-refractivity contribution in [2.75, 3.05) is 19.7 Å². The molecular formula is C17H23NO6. The molecule has 0 spiro atoms. The Morgan fingerprint density at radius 2 is 2.00 bits per heavy atom. The van der Waals surface area contributed by atoms with Crippen molar-refractivity contribution in [3.63, 3.8) is 0 Å². The average molecular weight is 337 g/mol. The number of aryl methyl sites for hydroxylation is 1. The minimum atomic E-state index is -1.37. The summed E-state index contributed by atoms with van der Waals surface area (Å²) in [5.74, 6) is -0.263. The number of hydroxylamine groups is 2. The lowest BCUT2D eigenvalue weighted by Gasteiger charge is -2.34. The van der Waals surface area contributed by atoms with Gasteiger partial charge < -0.3 is 19.8 Å². The number of ether oxygens (including phenoxy) is 1. The average Bonchev–Trinajstić information content (AvgIpc) is 2.53. The zero-order chi connectivity index (χ0) is 17.5. The Labute approximate surface area is 140 Å². The fourth-order valence-corrected chi connectivity index (χ4v) is 2.90. The first kappa shape index (κ1) is 18.2. The van der Waals surface area contributed by atoms with E-state index in [1.54, 1.807) is 6.92 Å². The van der Waals surface area contributed by atoms with E-state index < -0.39 is 12.3 Å². The number of β-amino-alcohol motifs (C(OH)–C–C–N with tert-alkyl or cyclic N) is 1. The minimum Gasteiger partial charge on any atom is -0.466 e. The number of esters is 1. The fraction of sp³-hybridized carbons (Fsp3) is 0.529. The van der Waals surface area contributed by atoms with Gasteiger partial charge in [-0.05, 0) is 30.9 Å². The Hall–Kier alpha value is -2.12. The fourth-order valence-electron chi connectivity index (χ4n) is 2.90. The van der Waals surface area contributed by atoms with Crippen molar-refractivity contribution in [1.29, 1.82) is 0 Å². The molecule has 7 nitrogen and oxygen atoms in total. The van der Waals surface area contributed by atoms with Gasteiger partial charge in [0, 0.05) is 18.9 Å². The van der Waals surface area contributed by atoms with Crippen molar-refractivity contribution in [1.82, 2.24) is 5.06 Å². The summed E-state index contributed by atoms with van der Waals surface area (Å²) in [5, 5.41) is 20.1. The highest BCUT2D eigenvalue weighted by molar-refractivity contribution is 5.69. The number of aliphatic hydroxyl groups excluding tert-OH is 1. The molecular weight excluding hydrogens is 314 g/mol. The van der Waals surface area contributed by atoms with Gasteiger partial charge in [-0.25, -0.2) is 4.79 Å². The summed E-state index contributed by atoms with van der Waals surface area (Å²) >= 11 is 0. The molecule has 2 rings (SSSR count). The van der Waals surface area contributed by atoms with E-state index in [9.17, 15) is 14.7 Å². The van der Waals surface area contributed by atoms with Crippen LogP contribution in [0.4, 0.5) is 4.79 Å². The third-order valence-corrected chi connectivity index (χ3v) is 4.08. The zero-order valence-electron chi connectivity index (χ0n) is 13.7. The topological polar surface area (TPSA) is 96.3 Å². The number of aliphatic hydroxyl groups is 1. The van der Waals surface area contributed by atoms with Gasteiger partial charge in [0.05, 0.1) is 19.3 Å². The number of rotatable bonds is 6. The number of carbonyl (C=O) groups excluding carboxylic acids is 1. The van der Waals surface area contributed by atoms with E-state index in [1.165, 1.54) is 5.06 Å². The summed E-state index contributed by atoms with van der Waals surface area (Å²) in [4.78, 5) is 26.5.